The van der Waals surface area contributed by atoms with E-state index in [0.29, 0.717) is 5.69 Å². The monoisotopic (exact) mass is 263 g/mol. The Labute approximate surface area is 111 Å². The summed E-state index contributed by atoms with van der Waals surface area (Å²) in [6, 6.07) is 6.95. The molecule has 0 heterocycles. The molecule has 0 radical (unpaired) electrons. The van der Waals surface area contributed by atoms with E-state index in [9.17, 15) is 9.59 Å². The number of carbonyl (C=O) groups excluding carboxylic acids is 2. The molecule has 1 N–H and O–H groups in total. The number of methoxy groups -OCH3 is 1. The van der Waals surface area contributed by atoms with Crippen molar-refractivity contribution < 1.29 is 19.1 Å². The highest BCUT2D eigenvalue weighted by Crippen LogP contribution is 2.27. The van der Waals surface area contributed by atoms with Gasteiger partial charge in [0.1, 0.15) is 5.75 Å². The molecular formula is C14H17NO4. The van der Waals surface area contributed by atoms with Crippen LogP contribution in [0.4, 0.5) is 5.69 Å². The zero-order valence-corrected chi connectivity index (χ0v) is 10.8. The van der Waals surface area contributed by atoms with Gasteiger partial charge in [-0.3, -0.25) is 9.59 Å². The Bertz CT molecular complexity index is 451. The molecule has 0 unspecified atom stereocenters. The van der Waals surface area contributed by atoms with Crippen molar-refractivity contribution in [1.82, 2.24) is 0 Å². The third-order valence-corrected chi connectivity index (χ3v) is 3.16. The molecule has 1 aromatic carbocycles. The number of hydrogen-bond acceptors (Lipinski definition) is 4. The summed E-state index contributed by atoms with van der Waals surface area (Å²) >= 11 is 0. The molecular weight excluding hydrogens is 246 g/mol. The normalized spacial score (nSPS) is 14.4. The van der Waals surface area contributed by atoms with Crippen LogP contribution >= 0.6 is 0 Å². The Hall–Kier alpha value is -2.04. The van der Waals surface area contributed by atoms with Gasteiger partial charge in [0.25, 0.3) is 5.91 Å². The highest BCUT2D eigenvalue weighted by atomic mass is 16.5. The van der Waals surface area contributed by atoms with Gasteiger partial charge in [0, 0.05) is 5.69 Å². The molecule has 0 bridgehead atoms. The fraction of sp³-hybridized carbons (Fsp3) is 0.429. The third kappa shape index (κ3) is 3.71. The number of benzene rings is 1. The Morgan fingerprint density at radius 3 is 2.47 bits per heavy atom. The highest BCUT2D eigenvalue weighted by molar-refractivity contribution is 5.93. The molecule has 0 aliphatic heterocycles. The first kappa shape index (κ1) is 13.4. The van der Waals surface area contributed by atoms with Gasteiger partial charge < -0.3 is 14.8 Å². The van der Waals surface area contributed by atoms with Crippen LogP contribution in [-0.2, 0) is 14.3 Å². The zero-order chi connectivity index (χ0) is 13.7. The summed E-state index contributed by atoms with van der Waals surface area (Å²) in [5, 5.41) is 2.65. The van der Waals surface area contributed by atoms with E-state index in [0.717, 1.165) is 25.0 Å². The van der Waals surface area contributed by atoms with Gasteiger partial charge in [-0.15, -0.1) is 0 Å². The summed E-state index contributed by atoms with van der Waals surface area (Å²) in [6.45, 7) is -0.235. The maximum atomic E-state index is 11.6. The standard InChI is InChI=1S/C14H17NO4/c1-18-12-7-5-11(6-8-12)15-13(16)9-19-14(17)10-3-2-4-10/h5-8,10H,2-4,9H2,1H3,(H,15,16). The van der Waals surface area contributed by atoms with E-state index in [2.05, 4.69) is 5.32 Å². The van der Waals surface area contributed by atoms with E-state index in [1.54, 1.807) is 31.4 Å². The van der Waals surface area contributed by atoms with Crippen molar-refractivity contribution in [2.75, 3.05) is 19.0 Å². The van der Waals surface area contributed by atoms with Crippen LogP contribution in [0, 0.1) is 5.92 Å². The first-order valence-electron chi connectivity index (χ1n) is 6.29. The molecule has 1 aliphatic rings. The maximum absolute atomic E-state index is 11.6. The average molecular weight is 263 g/mol. The summed E-state index contributed by atoms with van der Waals surface area (Å²) in [7, 11) is 1.58. The van der Waals surface area contributed by atoms with Crippen molar-refractivity contribution in [3.05, 3.63) is 24.3 Å². The van der Waals surface area contributed by atoms with Gasteiger partial charge in [-0.2, -0.15) is 0 Å². The lowest BCUT2D eigenvalue weighted by atomic mass is 9.86. The topological polar surface area (TPSA) is 64.6 Å². The number of nitrogens with one attached hydrogen (secondary N) is 1. The lowest BCUT2D eigenvalue weighted by Crippen LogP contribution is -2.28. The molecule has 1 aliphatic carbocycles. The maximum Gasteiger partial charge on any atom is 0.309 e. The van der Waals surface area contributed by atoms with E-state index < -0.39 is 0 Å². The van der Waals surface area contributed by atoms with Crippen molar-refractivity contribution in [2.24, 2.45) is 5.92 Å². The van der Waals surface area contributed by atoms with Crippen LogP contribution < -0.4 is 10.1 Å². The largest absolute Gasteiger partial charge is 0.497 e. The Morgan fingerprint density at radius 2 is 1.95 bits per heavy atom. The molecule has 0 aromatic heterocycles. The van der Waals surface area contributed by atoms with Gasteiger partial charge >= 0.3 is 5.97 Å². The molecule has 1 saturated carbocycles. The summed E-state index contributed by atoms with van der Waals surface area (Å²) in [5.41, 5.74) is 0.644. The summed E-state index contributed by atoms with van der Waals surface area (Å²) in [5.74, 6) is 0.108. The van der Waals surface area contributed by atoms with Crippen LogP contribution in [0.3, 0.4) is 0 Å². The number of rotatable bonds is 5. The smallest absolute Gasteiger partial charge is 0.309 e. The molecule has 19 heavy (non-hydrogen) atoms. The van der Waals surface area contributed by atoms with Crippen LogP contribution in [0.1, 0.15) is 19.3 Å². The second-order valence-corrected chi connectivity index (χ2v) is 4.51. The molecule has 5 heteroatoms. The van der Waals surface area contributed by atoms with E-state index in [4.69, 9.17) is 9.47 Å². The molecule has 102 valence electrons. The predicted molar refractivity (Wildman–Crippen MR) is 69.9 cm³/mol. The van der Waals surface area contributed by atoms with Gasteiger partial charge in [-0.05, 0) is 37.1 Å². The molecule has 5 nitrogen and oxygen atoms in total. The van der Waals surface area contributed by atoms with Crippen LogP contribution in [-0.4, -0.2) is 25.6 Å². The van der Waals surface area contributed by atoms with Gasteiger partial charge in [0.05, 0.1) is 13.0 Å². The summed E-state index contributed by atoms with van der Waals surface area (Å²) in [6.07, 6.45) is 2.82. The number of hydrogen-bond donors (Lipinski definition) is 1. The highest BCUT2D eigenvalue weighted by Gasteiger charge is 2.27. The number of esters is 1. The number of anilines is 1. The van der Waals surface area contributed by atoms with Crippen molar-refractivity contribution in [3.8, 4) is 5.75 Å². The molecule has 1 fully saturated rings. The Morgan fingerprint density at radius 1 is 1.26 bits per heavy atom. The SMILES string of the molecule is COc1ccc(NC(=O)COC(=O)C2CCC2)cc1. The van der Waals surface area contributed by atoms with Gasteiger partial charge in [0.15, 0.2) is 6.61 Å². The molecule has 0 saturated heterocycles. The molecule has 0 atom stereocenters. The second-order valence-electron chi connectivity index (χ2n) is 4.51. The Kier molecular flexibility index (Phi) is 4.39. The molecule has 2 rings (SSSR count). The van der Waals surface area contributed by atoms with E-state index in [1.165, 1.54) is 0 Å². The van der Waals surface area contributed by atoms with Gasteiger partial charge in [-0.1, -0.05) is 6.42 Å². The van der Waals surface area contributed by atoms with Crippen molar-refractivity contribution in [1.29, 1.82) is 0 Å². The minimum atomic E-state index is -0.335. The second kappa shape index (κ2) is 6.22. The minimum absolute atomic E-state index is 0.00575. The van der Waals surface area contributed by atoms with Gasteiger partial charge in [0.2, 0.25) is 0 Å². The van der Waals surface area contributed by atoms with Crippen molar-refractivity contribution in [2.45, 2.75) is 19.3 Å². The molecule has 1 aromatic rings. The molecule has 1 amide bonds. The van der Waals surface area contributed by atoms with Crippen molar-refractivity contribution >= 4 is 17.6 Å². The third-order valence-electron chi connectivity index (χ3n) is 3.16. The zero-order valence-electron chi connectivity index (χ0n) is 10.8. The quantitative estimate of drug-likeness (QED) is 0.825. The predicted octanol–water partition coefficient (Wildman–Crippen LogP) is 1.98. The lowest BCUT2D eigenvalue weighted by Gasteiger charge is -2.22. The fourth-order valence-corrected chi connectivity index (χ4v) is 1.77. The van der Waals surface area contributed by atoms with Crippen molar-refractivity contribution in [3.63, 3.8) is 0 Å². The van der Waals surface area contributed by atoms with E-state index >= 15 is 0 Å². The van der Waals surface area contributed by atoms with Crippen LogP contribution in [0.15, 0.2) is 24.3 Å². The van der Waals surface area contributed by atoms with Crippen LogP contribution in [0.5, 0.6) is 5.75 Å². The van der Waals surface area contributed by atoms with E-state index in [-0.39, 0.29) is 24.4 Å². The number of amides is 1. The molecule has 0 spiro atoms. The van der Waals surface area contributed by atoms with Crippen LogP contribution in [0.2, 0.25) is 0 Å². The minimum Gasteiger partial charge on any atom is -0.497 e. The fourth-order valence-electron chi connectivity index (χ4n) is 1.77. The average Bonchev–Trinajstić information content (AvgIpc) is 2.35. The summed E-state index contributed by atoms with van der Waals surface area (Å²) in [4.78, 5) is 23.0. The Balaban J connectivity index is 1.75. The lowest BCUT2D eigenvalue weighted by molar-refractivity contribution is -0.154. The number of ether oxygens (including phenoxy) is 2. The summed E-state index contributed by atoms with van der Waals surface area (Å²) < 4.78 is 9.97. The van der Waals surface area contributed by atoms with E-state index in [1.807, 2.05) is 0 Å². The first-order chi connectivity index (χ1) is 9.19. The van der Waals surface area contributed by atoms with Gasteiger partial charge in [-0.25, -0.2) is 0 Å². The van der Waals surface area contributed by atoms with Crippen LogP contribution in [0.25, 0.3) is 0 Å². The first-order valence-corrected chi connectivity index (χ1v) is 6.29. The number of carbonyl (C=O) groups is 2.